The highest BCUT2D eigenvalue weighted by Gasteiger charge is 2.51. The van der Waals surface area contributed by atoms with Crippen LogP contribution in [0.25, 0.3) is 0 Å². The summed E-state index contributed by atoms with van der Waals surface area (Å²) in [6.07, 6.45) is 0. The van der Waals surface area contributed by atoms with E-state index in [0.717, 1.165) is 0 Å². The second kappa shape index (κ2) is 5.60. The van der Waals surface area contributed by atoms with Crippen molar-refractivity contribution < 1.29 is 18.5 Å². The minimum absolute atomic E-state index is 0.0141. The Kier molecular flexibility index (Phi) is 4.37. The van der Waals surface area contributed by atoms with Crippen molar-refractivity contribution in [2.75, 3.05) is 0 Å². The molecule has 1 aliphatic heterocycles. The molecule has 0 saturated carbocycles. The molecule has 1 aromatic carbocycles. The minimum atomic E-state index is -0.644. The number of nitrogens with one attached hydrogen (secondary N) is 1. The van der Waals surface area contributed by atoms with E-state index in [1.165, 1.54) is 12.1 Å². The number of amides is 1. The highest BCUT2D eigenvalue weighted by molar-refractivity contribution is 6.62. The standard InChI is InChI=1S/C17H25BFNO3/c1-15(2,3)20-14(21)12-9-8-11(10-13(12)19)18-22-16(4,5)17(6,7)23-18/h8-10H,1-7H3,(H,20,21). The summed E-state index contributed by atoms with van der Waals surface area (Å²) in [6, 6.07) is 4.44. The molecule has 0 aliphatic carbocycles. The molecule has 0 atom stereocenters. The predicted octanol–water partition coefficient (Wildman–Crippen LogP) is 2.65. The van der Waals surface area contributed by atoms with Crippen LogP contribution in [0.3, 0.4) is 0 Å². The molecule has 6 heteroatoms. The van der Waals surface area contributed by atoms with Gasteiger partial charge in [0.1, 0.15) is 5.82 Å². The van der Waals surface area contributed by atoms with Crippen molar-refractivity contribution in [3.63, 3.8) is 0 Å². The zero-order valence-corrected chi connectivity index (χ0v) is 14.9. The van der Waals surface area contributed by atoms with Crippen LogP contribution < -0.4 is 10.8 Å². The van der Waals surface area contributed by atoms with Gasteiger partial charge in [-0.2, -0.15) is 0 Å². The summed E-state index contributed by atoms with van der Waals surface area (Å²) < 4.78 is 26.1. The number of benzene rings is 1. The molecule has 4 nitrogen and oxygen atoms in total. The van der Waals surface area contributed by atoms with Crippen LogP contribution >= 0.6 is 0 Å². The Morgan fingerprint density at radius 3 is 2.09 bits per heavy atom. The van der Waals surface area contributed by atoms with E-state index in [0.29, 0.717) is 5.46 Å². The van der Waals surface area contributed by atoms with Crippen LogP contribution in [0.5, 0.6) is 0 Å². The fourth-order valence-electron chi connectivity index (χ4n) is 2.25. The fraction of sp³-hybridized carbons (Fsp3) is 0.588. The van der Waals surface area contributed by atoms with E-state index in [-0.39, 0.29) is 5.56 Å². The average molecular weight is 321 g/mol. The summed E-state index contributed by atoms with van der Waals surface area (Å²) in [4.78, 5) is 12.1. The number of rotatable bonds is 2. The molecule has 1 N–H and O–H groups in total. The number of halogens is 1. The van der Waals surface area contributed by atoms with Crippen LogP contribution in [-0.2, 0) is 9.31 Å². The van der Waals surface area contributed by atoms with Gasteiger partial charge in [-0.15, -0.1) is 0 Å². The van der Waals surface area contributed by atoms with Gasteiger partial charge >= 0.3 is 7.12 Å². The molecular weight excluding hydrogens is 296 g/mol. The van der Waals surface area contributed by atoms with Gasteiger partial charge in [0.05, 0.1) is 16.8 Å². The third-order valence-corrected chi connectivity index (χ3v) is 4.25. The first-order chi connectivity index (χ1) is 10.3. The summed E-state index contributed by atoms with van der Waals surface area (Å²) in [5.41, 5.74) is -0.825. The number of hydrogen-bond donors (Lipinski definition) is 1. The Balaban J connectivity index is 2.23. The molecule has 0 radical (unpaired) electrons. The molecule has 1 amide bonds. The van der Waals surface area contributed by atoms with Crippen LogP contribution in [0.2, 0.25) is 0 Å². The highest BCUT2D eigenvalue weighted by atomic mass is 19.1. The number of carbonyl (C=O) groups excluding carboxylic acids is 1. The summed E-state index contributed by atoms with van der Waals surface area (Å²) >= 11 is 0. The molecular formula is C17H25BFNO3. The van der Waals surface area contributed by atoms with E-state index in [1.54, 1.807) is 6.07 Å². The van der Waals surface area contributed by atoms with Gasteiger partial charge in [-0.25, -0.2) is 4.39 Å². The Morgan fingerprint density at radius 2 is 1.65 bits per heavy atom. The first-order valence-electron chi connectivity index (χ1n) is 7.80. The second-order valence-electron chi connectivity index (χ2n) is 8.03. The smallest absolute Gasteiger partial charge is 0.399 e. The van der Waals surface area contributed by atoms with Gasteiger partial charge in [0.2, 0.25) is 0 Å². The first-order valence-corrected chi connectivity index (χ1v) is 7.80. The maximum Gasteiger partial charge on any atom is 0.494 e. The van der Waals surface area contributed by atoms with Gasteiger partial charge in [0.15, 0.2) is 0 Å². The van der Waals surface area contributed by atoms with Crippen molar-refractivity contribution in [1.29, 1.82) is 0 Å². The quantitative estimate of drug-likeness (QED) is 0.852. The number of hydrogen-bond acceptors (Lipinski definition) is 3. The van der Waals surface area contributed by atoms with Crippen LogP contribution in [-0.4, -0.2) is 29.8 Å². The van der Waals surface area contributed by atoms with Gasteiger partial charge in [0.25, 0.3) is 5.91 Å². The molecule has 23 heavy (non-hydrogen) atoms. The van der Waals surface area contributed by atoms with Gasteiger partial charge in [0, 0.05) is 5.54 Å². The van der Waals surface area contributed by atoms with E-state index < -0.39 is 35.6 Å². The molecule has 0 spiro atoms. The average Bonchev–Trinajstić information content (AvgIpc) is 2.56. The third kappa shape index (κ3) is 3.75. The van der Waals surface area contributed by atoms with Gasteiger partial charge in [-0.3, -0.25) is 4.79 Å². The predicted molar refractivity (Wildman–Crippen MR) is 89.3 cm³/mol. The SMILES string of the molecule is CC(C)(C)NC(=O)c1ccc(B2OC(C)(C)C(C)(C)O2)cc1F. The lowest BCUT2D eigenvalue weighted by molar-refractivity contribution is 0.00578. The van der Waals surface area contributed by atoms with Crippen LogP contribution in [0.4, 0.5) is 4.39 Å². The van der Waals surface area contributed by atoms with Crippen LogP contribution in [0.1, 0.15) is 58.8 Å². The van der Waals surface area contributed by atoms with Gasteiger partial charge in [-0.05, 0) is 66.1 Å². The fourth-order valence-corrected chi connectivity index (χ4v) is 2.25. The summed E-state index contributed by atoms with van der Waals surface area (Å²) in [6.45, 7) is 13.3. The van der Waals surface area contributed by atoms with Crippen molar-refractivity contribution in [3.05, 3.63) is 29.6 Å². The van der Waals surface area contributed by atoms with E-state index in [2.05, 4.69) is 5.32 Å². The lowest BCUT2D eigenvalue weighted by atomic mass is 9.78. The summed E-state index contributed by atoms with van der Waals surface area (Å²) in [7, 11) is -0.644. The lowest BCUT2D eigenvalue weighted by Gasteiger charge is -2.32. The van der Waals surface area contributed by atoms with Crippen LogP contribution in [0, 0.1) is 5.82 Å². The normalized spacial score (nSPS) is 19.7. The molecule has 0 aromatic heterocycles. The lowest BCUT2D eigenvalue weighted by Crippen LogP contribution is -2.41. The van der Waals surface area contributed by atoms with Gasteiger partial charge < -0.3 is 14.6 Å². The Labute approximate surface area is 137 Å². The van der Waals surface area contributed by atoms with Crippen molar-refractivity contribution in [2.45, 2.75) is 65.2 Å². The molecule has 1 heterocycles. The maximum atomic E-state index is 14.3. The van der Waals surface area contributed by atoms with Crippen LogP contribution in [0.15, 0.2) is 18.2 Å². The Bertz CT molecular complexity index is 607. The summed E-state index contributed by atoms with van der Waals surface area (Å²) in [5, 5.41) is 2.75. The minimum Gasteiger partial charge on any atom is -0.399 e. The van der Waals surface area contributed by atoms with Crippen molar-refractivity contribution >= 4 is 18.5 Å². The van der Waals surface area contributed by atoms with E-state index in [4.69, 9.17) is 9.31 Å². The molecule has 0 bridgehead atoms. The van der Waals surface area contributed by atoms with E-state index >= 15 is 0 Å². The molecule has 0 unspecified atom stereocenters. The third-order valence-electron chi connectivity index (χ3n) is 4.25. The first kappa shape index (κ1) is 18.0. The highest BCUT2D eigenvalue weighted by Crippen LogP contribution is 2.36. The van der Waals surface area contributed by atoms with E-state index in [1.807, 2.05) is 48.5 Å². The maximum absolute atomic E-state index is 14.3. The zero-order chi connectivity index (χ0) is 17.6. The van der Waals surface area contributed by atoms with E-state index in [9.17, 15) is 9.18 Å². The Hall–Kier alpha value is -1.40. The van der Waals surface area contributed by atoms with Crippen molar-refractivity contribution in [2.24, 2.45) is 0 Å². The molecule has 126 valence electrons. The Morgan fingerprint density at radius 1 is 1.13 bits per heavy atom. The molecule has 1 aliphatic rings. The molecule has 2 rings (SSSR count). The van der Waals surface area contributed by atoms with Crippen molar-refractivity contribution in [1.82, 2.24) is 5.32 Å². The second-order valence-corrected chi connectivity index (χ2v) is 8.03. The monoisotopic (exact) mass is 321 g/mol. The summed E-state index contributed by atoms with van der Waals surface area (Å²) in [5.74, 6) is -1.02. The molecule has 1 saturated heterocycles. The number of carbonyl (C=O) groups is 1. The largest absolute Gasteiger partial charge is 0.494 e. The van der Waals surface area contributed by atoms with Crippen molar-refractivity contribution in [3.8, 4) is 0 Å². The topological polar surface area (TPSA) is 47.6 Å². The van der Waals surface area contributed by atoms with Gasteiger partial charge in [-0.1, -0.05) is 6.07 Å². The molecule has 1 fully saturated rings. The zero-order valence-electron chi connectivity index (χ0n) is 14.9. The molecule has 1 aromatic rings.